The zero-order valence-corrected chi connectivity index (χ0v) is 44.3. The van der Waals surface area contributed by atoms with Gasteiger partial charge in [-0.2, -0.15) is 0 Å². The summed E-state index contributed by atoms with van der Waals surface area (Å²) < 4.78 is 84.7. The molecule has 0 bridgehead atoms. The number of hydrogen-bond donors (Lipinski definition) is 5. The molecule has 19 heteroatoms. The van der Waals surface area contributed by atoms with E-state index in [9.17, 15) is 30.3 Å². The topological polar surface area (TPSA) is 238 Å². The van der Waals surface area contributed by atoms with Crippen molar-refractivity contribution in [1.29, 1.82) is 0 Å². The van der Waals surface area contributed by atoms with Crippen LogP contribution in [0, 0.1) is 29.6 Å². The number of rotatable bonds is 15. The first-order valence-electron chi connectivity index (χ1n) is 26.7. The van der Waals surface area contributed by atoms with E-state index >= 15 is 0 Å². The van der Waals surface area contributed by atoms with Crippen molar-refractivity contribution in [2.75, 3.05) is 27.9 Å². The van der Waals surface area contributed by atoms with Crippen LogP contribution in [0.2, 0.25) is 0 Å². The van der Waals surface area contributed by atoms with Gasteiger partial charge in [-0.15, -0.1) is 0 Å². The molecule has 8 heterocycles. The highest BCUT2D eigenvalue weighted by Crippen LogP contribution is 2.55. The number of methoxy groups -OCH3 is 3. The van der Waals surface area contributed by atoms with Crippen LogP contribution in [0.15, 0.2) is 0 Å². The fourth-order valence-corrected chi connectivity index (χ4v) is 13.8. The minimum Gasteiger partial charge on any atom is -0.481 e. The number of carboxylic acid groups (broad SMARTS) is 1. The van der Waals surface area contributed by atoms with E-state index in [0.717, 1.165) is 6.42 Å². The molecule has 19 nitrogen and oxygen atoms in total. The maximum absolute atomic E-state index is 12.3. The molecule has 26 atom stereocenters. The van der Waals surface area contributed by atoms with Crippen LogP contribution in [-0.2, 0) is 66.4 Å². The van der Waals surface area contributed by atoms with Gasteiger partial charge in [0.2, 0.25) is 0 Å². The maximum atomic E-state index is 12.3. The summed E-state index contributed by atoms with van der Waals surface area (Å²) in [7, 11) is 4.88. The number of aliphatic hydroxyl groups excluding tert-OH is 2. The highest BCUT2D eigenvalue weighted by atomic mass is 16.7. The molecule has 0 aromatic heterocycles. The Kier molecular flexibility index (Phi) is 17.1. The van der Waals surface area contributed by atoms with Gasteiger partial charge in [0.25, 0.3) is 0 Å². The molecule has 410 valence electrons. The third kappa shape index (κ3) is 11.0. The van der Waals surface area contributed by atoms with Crippen molar-refractivity contribution >= 4 is 5.97 Å². The lowest BCUT2D eigenvalue weighted by Gasteiger charge is -2.54. The zero-order chi connectivity index (χ0) is 51.6. The van der Waals surface area contributed by atoms with Crippen LogP contribution in [0.25, 0.3) is 0 Å². The Balaban J connectivity index is 0.993. The Bertz CT molecular complexity index is 1800. The molecule has 5 N–H and O–H groups in total. The number of carbonyl (C=O) groups is 1. The van der Waals surface area contributed by atoms with E-state index in [2.05, 4.69) is 13.8 Å². The second kappa shape index (κ2) is 21.7. The third-order valence-electron chi connectivity index (χ3n) is 18.4. The molecule has 8 fully saturated rings. The SMILES string of the molecule is COC1CCC(OC2CC(C3OC(O)(CO)C(C)CC3C)OC2C2(C)CCC(C3(C)CCC4(CC(O)C(C)C(C(C)C5OC(O)(CC(=O)O)C(C)C(OC6CCC(OC)C(C)O6)C5OC)O4)O3)O2)OC1C. The van der Waals surface area contributed by atoms with Crippen LogP contribution in [0.1, 0.15) is 139 Å². The Morgan fingerprint density at radius 3 is 1.94 bits per heavy atom. The fraction of sp³-hybridized carbons (Fsp3) is 0.981. The molecule has 0 aromatic rings. The van der Waals surface area contributed by atoms with Gasteiger partial charge in [0.15, 0.2) is 29.9 Å². The normalized spacial score (nSPS) is 53.3. The lowest BCUT2D eigenvalue weighted by Crippen LogP contribution is -2.66. The number of hydrogen-bond acceptors (Lipinski definition) is 18. The summed E-state index contributed by atoms with van der Waals surface area (Å²) in [5.41, 5.74) is -1.67. The molecule has 8 aliphatic heterocycles. The average Bonchev–Trinajstić information content (AvgIpc) is 4.03. The second-order valence-corrected chi connectivity index (χ2v) is 23.4. The molecular formula is C52H88O19. The van der Waals surface area contributed by atoms with Gasteiger partial charge in [-0.1, -0.05) is 34.6 Å². The van der Waals surface area contributed by atoms with E-state index in [1.54, 1.807) is 28.3 Å². The van der Waals surface area contributed by atoms with Gasteiger partial charge in [-0.05, 0) is 72.1 Å². The van der Waals surface area contributed by atoms with E-state index in [-0.39, 0.29) is 42.7 Å². The first-order chi connectivity index (χ1) is 33.4. The number of carboxylic acids is 1. The van der Waals surface area contributed by atoms with Crippen molar-refractivity contribution in [3.8, 4) is 0 Å². The van der Waals surface area contributed by atoms with E-state index in [1.807, 2.05) is 41.5 Å². The molecular weight excluding hydrogens is 929 g/mol. The third-order valence-corrected chi connectivity index (χ3v) is 18.4. The predicted molar refractivity (Wildman–Crippen MR) is 251 cm³/mol. The molecule has 71 heavy (non-hydrogen) atoms. The lowest BCUT2D eigenvalue weighted by atomic mass is 9.75. The summed E-state index contributed by atoms with van der Waals surface area (Å²) in [5, 5.41) is 55.6. The molecule has 1 spiro atoms. The molecule has 0 amide bonds. The largest absolute Gasteiger partial charge is 0.481 e. The Morgan fingerprint density at radius 2 is 1.35 bits per heavy atom. The van der Waals surface area contributed by atoms with Gasteiger partial charge < -0.3 is 87.1 Å². The first kappa shape index (κ1) is 56.0. The summed E-state index contributed by atoms with van der Waals surface area (Å²) in [5.74, 6) is -8.31. The minimum atomic E-state index is -2.13. The summed E-state index contributed by atoms with van der Waals surface area (Å²) >= 11 is 0. The van der Waals surface area contributed by atoms with Gasteiger partial charge in [-0.3, -0.25) is 4.79 Å². The zero-order valence-electron chi connectivity index (χ0n) is 44.3. The second-order valence-electron chi connectivity index (χ2n) is 23.4. The lowest BCUT2D eigenvalue weighted by molar-refractivity contribution is -0.377. The molecule has 8 rings (SSSR count). The average molecular weight is 1020 g/mol. The minimum absolute atomic E-state index is 0.0331. The van der Waals surface area contributed by atoms with Crippen LogP contribution in [-0.4, -0.2) is 186 Å². The van der Waals surface area contributed by atoms with Crippen molar-refractivity contribution < 1.29 is 91.9 Å². The highest BCUT2D eigenvalue weighted by Gasteiger charge is 2.64. The van der Waals surface area contributed by atoms with Crippen molar-refractivity contribution in [1.82, 2.24) is 0 Å². The van der Waals surface area contributed by atoms with Crippen molar-refractivity contribution in [2.24, 2.45) is 29.6 Å². The maximum Gasteiger partial charge on any atom is 0.308 e. The van der Waals surface area contributed by atoms with Gasteiger partial charge >= 0.3 is 5.97 Å². The first-order valence-corrected chi connectivity index (χ1v) is 26.7. The molecule has 0 aromatic carbocycles. The van der Waals surface area contributed by atoms with Crippen molar-refractivity contribution in [3.05, 3.63) is 0 Å². The van der Waals surface area contributed by atoms with Crippen LogP contribution >= 0.6 is 0 Å². The number of ether oxygens (including phenoxy) is 13. The van der Waals surface area contributed by atoms with E-state index < -0.39 is 139 Å². The van der Waals surface area contributed by atoms with Crippen LogP contribution in [0.5, 0.6) is 0 Å². The monoisotopic (exact) mass is 1020 g/mol. The van der Waals surface area contributed by atoms with E-state index in [1.165, 1.54) is 0 Å². The standard InChI is InChI=1S/C52H88O19/c1-26-21-27(2)52(58,25-53)69-42(26)36-22-37(64-40-15-13-34(59-10)31(6)62-40)47(65-36)49(9)18-17-38(67-49)48(8)19-20-50(71-48)23-33(54)28(3)43(68-50)29(4)44-46(61-12)45(30(5)51(57,70-44)24-39(55)56)66-41-16-14-35(60-11)32(7)63-41/h26-38,40-47,53-54,57-58H,13-25H2,1-12H3,(H,55,56). The van der Waals surface area contributed by atoms with E-state index in [4.69, 9.17) is 61.6 Å². The van der Waals surface area contributed by atoms with Crippen LogP contribution in [0.4, 0.5) is 0 Å². The summed E-state index contributed by atoms with van der Waals surface area (Å²) in [6, 6.07) is 0. The molecule has 0 aliphatic carbocycles. The Hall–Kier alpha value is -1.21. The van der Waals surface area contributed by atoms with Crippen LogP contribution in [0.3, 0.4) is 0 Å². The highest BCUT2D eigenvalue weighted by molar-refractivity contribution is 5.68. The van der Waals surface area contributed by atoms with Crippen molar-refractivity contribution in [3.63, 3.8) is 0 Å². The van der Waals surface area contributed by atoms with Crippen LogP contribution < -0.4 is 0 Å². The molecule has 26 unspecified atom stereocenters. The van der Waals surface area contributed by atoms with Gasteiger partial charge in [-0.25, -0.2) is 0 Å². The van der Waals surface area contributed by atoms with Gasteiger partial charge in [0.05, 0.1) is 97.5 Å². The molecule has 8 aliphatic rings. The summed E-state index contributed by atoms with van der Waals surface area (Å²) in [6.45, 7) is 17.0. The Morgan fingerprint density at radius 1 is 0.704 bits per heavy atom. The fourth-order valence-electron chi connectivity index (χ4n) is 13.8. The summed E-state index contributed by atoms with van der Waals surface area (Å²) in [4.78, 5) is 12.3. The smallest absolute Gasteiger partial charge is 0.308 e. The molecule has 0 radical (unpaired) electrons. The predicted octanol–water partition coefficient (Wildman–Crippen LogP) is 4.57. The van der Waals surface area contributed by atoms with Crippen molar-refractivity contribution in [2.45, 2.75) is 266 Å². The number of aliphatic carboxylic acids is 1. The van der Waals surface area contributed by atoms with E-state index in [0.29, 0.717) is 57.8 Å². The molecule has 0 saturated carbocycles. The van der Waals surface area contributed by atoms with Gasteiger partial charge in [0, 0.05) is 77.1 Å². The summed E-state index contributed by atoms with van der Waals surface area (Å²) in [6.07, 6.45) is -2.52. The quantitative estimate of drug-likeness (QED) is 0.151. The Labute approximate surface area is 420 Å². The van der Waals surface area contributed by atoms with Gasteiger partial charge in [0.1, 0.15) is 12.2 Å². The number of aliphatic hydroxyl groups is 4. The molecule has 8 saturated heterocycles.